The van der Waals surface area contributed by atoms with Crippen molar-refractivity contribution in [1.29, 1.82) is 0 Å². The van der Waals surface area contributed by atoms with Crippen LogP contribution < -0.4 is 5.32 Å². The van der Waals surface area contributed by atoms with Gasteiger partial charge < -0.3 is 10.1 Å². The lowest BCUT2D eigenvalue weighted by molar-refractivity contribution is -0.145. The molecule has 0 heterocycles. The maximum absolute atomic E-state index is 12.2. The molecule has 0 radical (unpaired) electrons. The highest BCUT2D eigenvalue weighted by atomic mass is 16.5. The summed E-state index contributed by atoms with van der Waals surface area (Å²) >= 11 is 0. The Morgan fingerprint density at radius 1 is 0.800 bits per heavy atom. The maximum Gasteiger partial charge on any atom is 0.328 e. The van der Waals surface area contributed by atoms with E-state index in [1.54, 1.807) is 19.1 Å². The standard InChI is InChI=1S/C26H43NO3/c1-4-6-7-8-9-10-11-12-13-14-15-16-21-30-26(29)22(3)27-25(28)24-19-17-23(5-2)18-20-24/h17-20,22H,4-16,21H2,1-3H3,(H,27,28). The lowest BCUT2D eigenvalue weighted by Crippen LogP contribution is -2.39. The molecule has 0 aliphatic carbocycles. The van der Waals surface area contributed by atoms with Crippen LogP contribution in [0.4, 0.5) is 0 Å². The first-order valence-electron chi connectivity index (χ1n) is 12.1. The van der Waals surface area contributed by atoms with Gasteiger partial charge in [0.1, 0.15) is 6.04 Å². The predicted octanol–water partition coefficient (Wildman–Crippen LogP) is 6.61. The second-order valence-electron chi connectivity index (χ2n) is 8.30. The van der Waals surface area contributed by atoms with Crippen LogP contribution in [-0.4, -0.2) is 24.5 Å². The van der Waals surface area contributed by atoms with Crippen LogP contribution in [0.1, 0.15) is 114 Å². The van der Waals surface area contributed by atoms with Gasteiger partial charge in [-0.3, -0.25) is 4.79 Å². The van der Waals surface area contributed by atoms with Crippen molar-refractivity contribution in [3.8, 4) is 0 Å². The Balaban J connectivity index is 2.02. The van der Waals surface area contributed by atoms with Crippen molar-refractivity contribution >= 4 is 11.9 Å². The highest BCUT2D eigenvalue weighted by molar-refractivity contribution is 5.96. The number of carbonyl (C=O) groups excluding carboxylic acids is 2. The molecule has 0 fully saturated rings. The van der Waals surface area contributed by atoms with Gasteiger partial charge in [-0.05, 0) is 37.5 Å². The quantitative estimate of drug-likeness (QED) is 0.229. The Hall–Kier alpha value is -1.84. The Morgan fingerprint density at radius 3 is 1.80 bits per heavy atom. The molecule has 1 N–H and O–H groups in total. The lowest BCUT2D eigenvalue weighted by Gasteiger charge is -2.13. The van der Waals surface area contributed by atoms with Crippen molar-refractivity contribution in [1.82, 2.24) is 5.32 Å². The van der Waals surface area contributed by atoms with Gasteiger partial charge in [-0.2, -0.15) is 0 Å². The molecule has 0 bridgehead atoms. The van der Waals surface area contributed by atoms with E-state index >= 15 is 0 Å². The number of unbranched alkanes of at least 4 members (excludes halogenated alkanes) is 11. The molecule has 4 nitrogen and oxygen atoms in total. The molecule has 0 aliphatic heterocycles. The summed E-state index contributed by atoms with van der Waals surface area (Å²) < 4.78 is 5.32. The summed E-state index contributed by atoms with van der Waals surface area (Å²) in [5, 5.41) is 2.72. The molecule has 1 aromatic carbocycles. The minimum Gasteiger partial charge on any atom is -0.464 e. The van der Waals surface area contributed by atoms with E-state index in [-0.39, 0.29) is 11.9 Å². The maximum atomic E-state index is 12.2. The summed E-state index contributed by atoms with van der Waals surface area (Å²) in [6.07, 6.45) is 16.3. The average Bonchev–Trinajstić information content (AvgIpc) is 2.76. The zero-order valence-electron chi connectivity index (χ0n) is 19.5. The Morgan fingerprint density at radius 2 is 1.30 bits per heavy atom. The topological polar surface area (TPSA) is 55.4 Å². The van der Waals surface area contributed by atoms with Crippen LogP contribution in [0, 0.1) is 0 Å². The van der Waals surface area contributed by atoms with E-state index in [0.717, 1.165) is 19.3 Å². The monoisotopic (exact) mass is 417 g/mol. The molecule has 0 aliphatic rings. The summed E-state index contributed by atoms with van der Waals surface area (Å²) in [6.45, 7) is 6.43. The predicted molar refractivity (Wildman–Crippen MR) is 125 cm³/mol. The fourth-order valence-corrected chi connectivity index (χ4v) is 3.47. The molecule has 0 saturated heterocycles. The largest absolute Gasteiger partial charge is 0.464 e. The average molecular weight is 418 g/mol. The SMILES string of the molecule is CCCCCCCCCCCCCCOC(=O)C(C)NC(=O)c1ccc(CC)cc1. The minimum absolute atomic E-state index is 0.243. The third-order valence-electron chi connectivity index (χ3n) is 5.57. The van der Waals surface area contributed by atoms with Crippen LogP contribution in [0.25, 0.3) is 0 Å². The Labute approximate surface area is 184 Å². The first-order valence-corrected chi connectivity index (χ1v) is 12.1. The van der Waals surface area contributed by atoms with Crippen molar-refractivity contribution in [3.05, 3.63) is 35.4 Å². The summed E-state index contributed by atoms with van der Waals surface area (Å²) in [5.41, 5.74) is 1.74. The number of hydrogen-bond acceptors (Lipinski definition) is 3. The van der Waals surface area contributed by atoms with Gasteiger partial charge in [0.2, 0.25) is 0 Å². The molecule has 1 rings (SSSR count). The van der Waals surface area contributed by atoms with E-state index < -0.39 is 6.04 Å². The number of amides is 1. The minimum atomic E-state index is -0.638. The summed E-state index contributed by atoms with van der Waals surface area (Å²) in [7, 11) is 0. The Kier molecular flexibility index (Phi) is 14.8. The van der Waals surface area contributed by atoms with Crippen molar-refractivity contribution in [2.45, 2.75) is 110 Å². The van der Waals surface area contributed by atoms with E-state index in [4.69, 9.17) is 4.74 Å². The molecule has 0 aromatic heterocycles. The summed E-state index contributed by atoms with van der Waals surface area (Å²) in [6, 6.07) is 6.81. The molecular formula is C26H43NO3. The highest BCUT2D eigenvalue weighted by Crippen LogP contribution is 2.12. The smallest absolute Gasteiger partial charge is 0.328 e. The van der Waals surface area contributed by atoms with Gasteiger partial charge in [-0.1, -0.05) is 96.6 Å². The van der Waals surface area contributed by atoms with Gasteiger partial charge in [-0.15, -0.1) is 0 Å². The third kappa shape index (κ3) is 12.0. The first kappa shape index (κ1) is 26.2. The van der Waals surface area contributed by atoms with Gasteiger partial charge in [0, 0.05) is 5.56 Å². The number of benzene rings is 1. The normalized spacial score (nSPS) is 11.8. The molecule has 1 atom stereocenters. The fourth-order valence-electron chi connectivity index (χ4n) is 3.47. The van der Waals surface area contributed by atoms with Crippen molar-refractivity contribution in [2.75, 3.05) is 6.61 Å². The lowest BCUT2D eigenvalue weighted by atomic mass is 10.1. The zero-order chi connectivity index (χ0) is 22.0. The van der Waals surface area contributed by atoms with Crippen LogP contribution >= 0.6 is 0 Å². The number of ether oxygens (including phenoxy) is 1. The van der Waals surface area contributed by atoms with Crippen molar-refractivity contribution in [3.63, 3.8) is 0 Å². The molecule has 1 unspecified atom stereocenters. The van der Waals surface area contributed by atoms with Gasteiger partial charge in [-0.25, -0.2) is 4.79 Å². The molecule has 0 spiro atoms. The summed E-state index contributed by atoms with van der Waals surface area (Å²) in [5.74, 6) is -0.607. The van der Waals surface area contributed by atoms with E-state index in [1.165, 1.54) is 69.8 Å². The number of aryl methyl sites for hydroxylation is 1. The van der Waals surface area contributed by atoms with Crippen LogP contribution in [0.15, 0.2) is 24.3 Å². The highest BCUT2D eigenvalue weighted by Gasteiger charge is 2.17. The second-order valence-corrected chi connectivity index (χ2v) is 8.30. The number of hydrogen-bond donors (Lipinski definition) is 1. The van der Waals surface area contributed by atoms with E-state index in [9.17, 15) is 9.59 Å². The molecule has 0 saturated carbocycles. The van der Waals surface area contributed by atoms with Crippen LogP contribution in [-0.2, 0) is 16.0 Å². The Bertz CT molecular complexity index is 582. The van der Waals surface area contributed by atoms with E-state index in [2.05, 4.69) is 19.2 Å². The van der Waals surface area contributed by atoms with E-state index in [0.29, 0.717) is 12.2 Å². The first-order chi connectivity index (χ1) is 14.6. The number of carbonyl (C=O) groups is 2. The van der Waals surface area contributed by atoms with Crippen LogP contribution in [0.5, 0.6) is 0 Å². The zero-order valence-corrected chi connectivity index (χ0v) is 19.5. The van der Waals surface area contributed by atoms with Gasteiger partial charge >= 0.3 is 5.97 Å². The van der Waals surface area contributed by atoms with Gasteiger partial charge in [0.15, 0.2) is 0 Å². The van der Waals surface area contributed by atoms with Gasteiger partial charge in [0.05, 0.1) is 6.61 Å². The van der Waals surface area contributed by atoms with Crippen LogP contribution in [0.2, 0.25) is 0 Å². The van der Waals surface area contributed by atoms with E-state index in [1.807, 2.05) is 12.1 Å². The van der Waals surface area contributed by atoms with Crippen molar-refractivity contribution in [2.24, 2.45) is 0 Å². The summed E-state index contributed by atoms with van der Waals surface area (Å²) in [4.78, 5) is 24.3. The molecule has 170 valence electrons. The fraction of sp³-hybridized carbons (Fsp3) is 0.692. The molecule has 1 amide bonds. The molecule has 30 heavy (non-hydrogen) atoms. The number of esters is 1. The van der Waals surface area contributed by atoms with Crippen molar-refractivity contribution < 1.29 is 14.3 Å². The number of nitrogens with one attached hydrogen (secondary N) is 1. The van der Waals surface area contributed by atoms with Crippen LogP contribution in [0.3, 0.4) is 0 Å². The van der Waals surface area contributed by atoms with Gasteiger partial charge in [0.25, 0.3) is 5.91 Å². The molecule has 4 heteroatoms. The molecular weight excluding hydrogens is 374 g/mol. The number of rotatable bonds is 17. The second kappa shape index (κ2) is 16.9. The molecule has 1 aromatic rings. The third-order valence-corrected chi connectivity index (χ3v) is 5.57.